The molecule has 0 bridgehead atoms. The molecule has 0 aliphatic carbocycles. The molecule has 4 N–H and O–H groups in total. The van der Waals surface area contributed by atoms with Crippen molar-refractivity contribution in [3.63, 3.8) is 0 Å². The van der Waals surface area contributed by atoms with Crippen molar-refractivity contribution in [3.8, 4) is 0 Å². The molecule has 3 rings (SSSR count). The summed E-state index contributed by atoms with van der Waals surface area (Å²) in [5, 5.41) is 5.52. The van der Waals surface area contributed by atoms with Gasteiger partial charge in [0.1, 0.15) is 5.82 Å². The highest BCUT2D eigenvalue weighted by Crippen LogP contribution is 2.22. The third-order valence-electron chi connectivity index (χ3n) is 4.97. The average Bonchev–Trinajstić information content (AvgIpc) is 2.73. The number of nitrogens with zero attached hydrogens (tertiary/aromatic N) is 2. The van der Waals surface area contributed by atoms with E-state index in [0.29, 0.717) is 29.9 Å². The van der Waals surface area contributed by atoms with Gasteiger partial charge >= 0.3 is 0 Å². The number of nitrogens with two attached hydrogens (primary N) is 1. The Morgan fingerprint density at radius 2 is 1.89 bits per heavy atom. The fraction of sp³-hybridized carbons (Fsp3) is 0.381. The van der Waals surface area contributed by atoms with Crippen molar-refractivity contribution in [3.05, 3.63) is 53.7 Å². The van der Waals surface area contributed by atoms with Crippen molar-refractivity contribution in [2.24, 2.45) is 11.7 Å². The van der Waals surface area contributed by atoms with Crippen molar-refractivity contribution in [1.82, 2.24) is 10.3 Å². The van der Waals surface area contributed by atoms with Crippen LogP contribution < -0.4 is 21.3 Å². The van der Waals surface area contributed by atoms with E-state index >= 15 is 0 Å². The number of aromatic nitrogens is 1. The lowest BCUT2D eigenvalue weighted by molar-refractivity contribution is 0.0955. The lowest BCUT2D eigenvalue weighted by Gasteiger charge is -2.31. The molecule has 1 aromatic heterocycles. The number of hydrogen-bond donors (Lipinski definition) is 3. The second-order valence-electron chi connectivity index (χ2n) is 7.12. The monoisotopic (exact) mass is 381 g/mol. The van der Waals surface area contributed by atoms with Gasteiger partial charge in [-0.25, -0.2) is 4.98 Å². The molecule has 7 heteroatoms. The molecule has 2 aromatic rings. The number of carbonyl (C=O) groups excluding carboxylic acids is 2. The third kappa shape index (κ3) is 4.86. The zero-order valence-corrected chi connectivity index (χ0v) is 16.1. The summed E-state index contributed by atoms with van der Waals surface area (Å²) in [4.78, 5) is 31.6. The lowest BCUT2D eigenvalue weighted by Crippen LogP contribution is -2.33. The number of piperidine rings is 1. The van der Waals surface area contributed by atoms with Gasteiger partial charge in [0.25, 0.3) is 11.8 Å². The number of benzene rings is 1. The standard InChI is InChI=1S/C21H27N5O2/c1-15-8-12-26(13-9-15)19-7-6-16(14-24-19)20(27)25-18-5-3-2-4-17(18)21(28)23-11-10-22/h2-7,14-15H,8-13,22H2,1H3,(H,23,28)(H,25,27). The number of hydrogen-bond acceptors (Lipinski definition) is 5. The van der Waals surface area contributed by atoms with Gasteiger partial charge in [0, 0.05) is 32.4 Å². The summed E-state index contributed by atoms with van der Waals surface area (Å²) in [5.41, 5.74) is 6.73. The van der Waals surface area contributed by atoms with Gasteiger partial charge < -0.3 is 21.3 Å². The minimum Gasteiger partial charge on any atom is -0.357 e. The molecule has 2 heterocycles. The summed E-state index contributed by atoms with van der Waals surface area (Å²) >= 11 is 0. The zero-order chi connectivity index (χ0) is 19.9. The molecular weight excluding hydrogens is 354 g/mol. The van der Waals surface area contributed by atoms with Crippen molar-refractivity contribution in [2.45, 2.75) is 19.8 Å². The first-order chi connectivity index (χ1) is 13.6. The van der Waals surface area contributed by atoms with E-state index in [2.05, 4.69) is 27.4 Å². The Morgan fingerprint density at radius 1 is 1.14 bits per heavy atom. The molecule has 2 amide bonds. The van der Waals surface area contributed by atoms with Gasteiger partial charge in [-0.2, -0.15) is 0 Å². The quantitative estimate of drug-likeness (QED) is 0.713. The Balaban J connectivity index is 1.67. The predicted molar refractivity (Wildman–Crippen MR) is 111 cm³/mol. The molecule has 7 nitrogen and oxygen atoms in total. The topological polar surface area (TPSA) is 100 Å². The molecule has 0 atom stereocenters. The highest BCUT2D eigenvalue weighted by molar-refractivity contribution is 6.08. The summed E-state index contributed by atoms with van der Waals surface area (Å²) in [6.07, 6.45) is 3.90. The highest BCUT2D eigenvalue weighted by Gasteiger charge is 2.18. The number of anilines is 2. The van der Waals surface area contributed by atoms with E-state index in [1.165, 1.54) is 0 Å². The molecule has 1 fully saturated rings. The van der Waals surface area contributed by atoms with Crippen LogP contribution >= 0.6 is 0 Å². The second-order valence-corrected chi connectivity index (χ2v) is 7.12. The van der Waals surface area contributed by atoms with Crippen LogP contribution in [0.15, 0.2) is 42.6 Å². The van der Waals surface area contributed by atoms with Gasteiger partial charge in [-0.3, -0.25) is 9.59 Å². The number of nitrogens with one attached hydrogen (secondary N) is 2. The Hall–Kier alpha value is -2.93. The molecular formula is C21H27N5O2. The first kappa shape index (κ1) is 19.8. The van der Waals surface area contributed by atoms with E-state index in [-0.39, 0.29) is 11.8 Å². The van der Waals surface area contributed by atoms with Crippen molar-refractivity contribution in [1.29, 1.82) is 0 Å². The largest absolute Gasteiger partial charge is 0.357 e. The molecule has 1 aliphatic heterocycles. The Kier molecular flexibility index (Phi) is 6.60. The fourth-order valence-electron chi connectivity index (χ4n) is 3.21. The van der Waals surface area contributed by atoms with Crippen molar-refractivity contribution >= 4 is 23.3 Å². The van der Waals surface area contributed by atoms with Gasteiger partial charge in [0.05, 0.1) is 16.8 Å². The van der Waals surface area contributed by atoms with Crippen LogP contribution in [0.25, 0.3) is 0 Å². The van der Waals surface area contributed by atoms with Crippen molar-refractivity contribution < 1.29 is 9.59 Å². The third-order valence-corrected chi connectivity index (χ3v) is 4.97. The number of rotatable bonds is 6. The van der Waals surface area contributed by atoms with Gasteiger partial charge in [0.15, 0.2) is 0 Å². The number of carbonyl (C=O) groups is 2. The number of pyridine rings is 1. The lowest BCUT2D eigenvalue weighted by atomic mass is 9.99. The van der Waals surface area contributed by atoms with Gasteiger partial charge in [-0.05, 0) is 43.0 Å². The smallest absolute Gasteiger partial charge is 0.257 e. The minimum absolute atomic E-state index is 0.269. The summed E-state index contributed by atoms with van der Waals surface area (Å²) in [6, 6.07) is 10.5. The molecule has 0 unspecified atom stereocenters. The van der Waals surface area contributed by atoms with Gasteiger partial charge in [0.2, 0.25) is 0 Å². The normalized spacial score (nSPS) is 14.6. The average molecular weight is 381 g/mol. The molecule has 0 saturated carbocycles. The molecule has 148 valence electrons. The first-order valence-electron chi connectivity index (χ1n) is 9.68. The maximum atomic E-state index is 12.6. The van der Waals surface area contributed by atoms with E-state index < -0.39 is 0 Å². The maximum absolute atomic E-state index is 12.6. The van der Waals surface area contributed by atoms with Crippen molar-refractivity contribution in [2.75, 3.05) is 36.4 Å². The summed E-state index contributed by atoms with van der Waals surface area (Å²) in [7, 11) is 0. The SMILES string of the molecule is CC1CCN(c2ccc(C(=O)Nc3ccccc3C(=O)NCCN)cn2)CC1. The van der Waals surface area contributed by atoms with E-state index in [0.717, 1.165) is 37.7 Å². The first-order valence-corrected chi connectivity index (χ1v) is 9.68. The van der Waals surface area contributed by atoms with E-state index in [1.807, 2.05) is 6.07 Å². The molecule has 28 heavy (non-hydrogen) atoms. The Bertz CT molecular complexity index is 814. The van der Waals surface area contributed by atoms with Crippen LogP contribution in [0.1, 0.15) is 40.5 Å². The van der Waals surface area contributed by atoms with Crippen LogP contribution in [-0.2, 0) is 0 Å². The summed E-state index contributed by atoms with van der Waals surface area (Å²) in [6.45, 7) is 4.98. The molecule has 1 aromatic carbocycles. The number of amides is 2. The van der Waals surface area contributed by atoms with Crippen LogP contribution in [0.4, 0.5) is 11.5 Å². The van der Waals surface area contributed by atoms with E-state index in [4.69, 9.17) is 5.73 Å². The highest BCUT2D eigenvalue weighted by atomic mass is 16.2. The molecule has 0 radical (unpaired) electrons. The minimum atomic E-state index is -0.301. The number of para-hydroxylation sites is 1. The fourth-order valence-corrected chi connectivity index (χ4v) is 3.21. The Labute approximate surface area is 165 Å². The summed E-state index contributed by atoms with van der Waals surface area (Å²) < 4.78 is 0. The van der Waals surface area contributed by atoms with E-state index in [1.54, 1.807) is 36.5 Å². The van der Waals surface area contributed by atoms with Crippen LogP contribution in [0.2, 0.25) is 0 Å². The van der Waals surface area contributed by atoms with Crippen LogP contribution in [0.5, 0.6) is 0 Å². The maximum Gasteiger partial charge on any atom is 0.257 e. The van der Waals surface area contributed by atoms with Gasteiger partial charge in [-0.15, -0.1) is 0 Å². The predicted octanol–water partition coefficient (Wildman–Crippen LogP) is 2.26. The molecule has 1 saturated heterocycles. The van der Waals surface area contributed by atoms with Crippen LogP contribution in [0.3, 0.4) is 0 Å². The van der Waals surface area contributed by atoms with Crippen LogP contribution in [0, 0.1) is 5.92 Å². The zero-order valence-electron chi connectivity index (χ0n) is 16.1. The van der Waals surface area contributed by atoms with Gasteiger partial charge in [-0.1, -0.05) is 19.1 Å². The van der Waals surface area contributed by atoms with E-state index in [9.17, 15) is 9.59 Å². The second kappa shape index (κ2) is 9.32. The van der Waals surface area contributed by atoms with Crippen LogP contribution in [-0.4, -0.2) is 43.0 Å². The Morgan fingerprint density at radius 3 is 2.57 bits per heavy atom. The molecule has 0 spiro atoms. The summed E-state index contributed by atoms with van der Waals surface area (Å²) in [5.74, 6) is 1.08. The molecule has 1 aliphatic rings.